The van der Waals surface area contributed by atoms with Gasteiger partial charge in [-0.3, -0.25) is 4.79 Å². The number of halogens is 3. The molecule has 2 aromatic heterocycles. The monoisotopic (exact) mass is 452 g/mol. The highest BCUT2D eigenvalue weighted by atomic mass is 32.2. The summed E-state index contributed by atoms with van der Waals surface area (Å²) in [5.41, 5.74) is 1.30. The van der Waals surface area contributed by atoms with Gasteiger partial charge in [0.05, 0.1) is 17.0 Å². The van der Waals surface area contributed by atoms with E-state index in [0.29, 0.717) is 5.16 Å². The van der Waals surface area contributed by atoms with Crippen molar-refractivity contribution in [2.24, 2.45) is 7.05 Å². The number of alkyl halides is 3. The minimum absolute atomic E-state index is 0.0695. The summed E-state index contributed by atoms with van der Waals surface area (Å²) in [7, 11) is 1.83. The molecule has 0 aliphatic heterocycles. The number of thiophene rings is 1. The number of aryl methyl sites for hydroxylation is 1. The zero-order valence-electron chi connectivity index (χ0n) is 16.1. The second-order valence-electron chi connectivity index (χ2n) is 7.00. The molecule has 0 radical (unpaired) electrons. The van der Waals surface area contributed by atoms with E-state index >= 15 is 0 Å². The molecular formula is C20H19F3N4OS2. The standard InChI is InChI=1S/C20H19F3N4OS2/c1-27-18(13-10-29-16-9-5-2-6-12(13)16)25-26-19(27)30-11-17(28)24-15-8-4-3-7-14(15)20(21,22)23/h3-4,7-8,10H,2,5-6,9,11H2,1H3,(H,24,28). The minimum atomic E-state index is -4.53. The van der Waals surface area contributed by atoms with Crippen LogP contribution in [0.2, 0.25) is 0 Å². The molecule has 0 saturated heterocycles. The average molecular weight is 453 g/mol. The van der Waals surface area contributed by atoms with Gasteiger partial charge in [-0.05, 0) is 43.4 Å². The van der Waals surface area contributed by atoms with Crippen molar-refractivity contribution in [3.8, 4) is 11.4 Å². The summed E-state index contributed by atoms with van der Waals surface area (Å²) < 4.78 is 41.1. The van der Waals surface area contributed by atoms with Crippen LogP contribution in [0, 0.1) is 0 Å². The number of anilines is 1. The molecule has 1 N–H and O–H groups in total. The third-order valence-electron chi connectivity index (χ3n) is 4.98. The first-order valence-electron chi connectivity index (χ1n) is 9.42. The summed E-state index contributed by atoms with van der Waals surface area (Å²) in [6.45, 7) is 0. The van der Waals surface area contributed by atoms with E-state index in [-0.39, 0.29) is 11.4 Å². The lowest BCUT2D eigenvalue weighted by Gasteiger charge is -2.13. The van der Waals surface area contributed by atoms with Crippen molar-refractivity contribution in [3.05, 3.63) is 45.6 Å². The fraction of sp³-hybridized carbons (Fsp3) is 0.350. The molecule has 4 rings (SSSR count). The third kappa shape index (κ3) is 4.24. The van der Waals surface area contributed by atoms with Gasteiger partial charge in [-0.25, -0.2) is 0 Å². The highest BCUT2D eigenvalue weighted by Gasteiger charge is 2.33. The van der Waals surface area contributed by atoms with E-state index in [1.807, 2.05) is 11.6 Å². The number of aromatic nitrogens is 3. The molecule has 5 nitrogen and oxygen atoms in total. The first kappa shape index (κ1) is 20.9. The summed E-state index contributed by atoms with van der Waals surface area (Å²) >= 11 is 2.89. The zero-order chi connectivity index (χ0) is 21.3. The number of carbonyl (C=O) groups excluding carboxylic acids is 1. The number of thioether (sulfide) groups is 1. The second-order valence-corrected chi connectivity index (χ2v) is 8.91. The lowest BCUT2D eigenvalue weighted by atomic mass is 9.96. The van der Waals surface area contributed by atoms with Gasteiger partial charge in [0.25, 0.3) is 0 Å². The fourth-order valence-corrected chi connectivity index (χ4v) is 5.35. The van der Waals surface area contributed by atoms with Crippen molar-refractivity contribution >= 4 is 34.7 Å². The molecular weight excluding hydrogens is 433 g/mol. The van der Waals surface area contributed by atoms with Gasteiger partial charge in [-0.2, -0.15) is 13.2 Å². The maximum absolute atomic E-state index is 13.1. The molecule has 1 aromatic carbocycles. The number of nitrogens with zero attached hydrogens (tertiary/aromatic N) is 3. The number of benzene rings is 1. The van der Waals surface area contributed by atoms with Crippen molar-refractivity contribution in [2.45, 2.75) is 37.0 Å². The molecule has 0 spiro atoms. The molecule has 0 atom stereocenters. The second kappa shape index (κ2) is 8.43. The number of para-hydroxylation sites is 1. The van der Waals surface area contributed by atoms with Crippen molar-refractivity contribution in [1.29, 1.82) is 0 Å². The van der Waals surface area contributed by atoms with Crippen LogP contribution in [-0.2, 0) is 30.9 Å². The van der Waals surface area contributed by atoms with Crippen molar-refractivity contribution < 1.29 is 18.0 Å². The smallest absolute Gasteiger partial charge is 0.325 e. The highest BCUT2D eigenvalue weighted by molar-refractivity contribution is 7.99. The Morgan fingerprint density at radius 2 is 2.00 bits per heavy atom. The maximum atomic E-state index is 13.1. The van der Waals surface area contributed by atoms with Gasteiger partial charge < -0.3 is 9.88 Å². The van der Waals surface area contributed by atoms with Gasteiger partial charge in [-0.15, -0.1) is 21.5 Å². The Balaban J connectivity index is 1.44. The Kier molecular flexibility index (Phi) is 5.88. The van der Waals surface area contributed by atoms with Crippen LogP contribution in [0.1, 0.15) is 28.8 Å². The van der Waals surface area contributed by atoms with Crippen LogP contribution in [0.4, 0.5) is 18.9 Å². The average Bonchev–Trinajstić information content (AvgIpc) is 3.29. The van der Waals surface area contributed by atoms with Crippen molar-refractivity contribution in [3.63, 3.8) is 0 Å². The van der Waals surface area contributed by atoms with Crippen LogP contribution in [0.25, 0.3) is 11.4 Å². The molecule has 0 bridgehead atoms. The predicted molar refractivity (Wildman–Crippen MR) is 112 cm³/mol. The van der Waals surface area contributed by atoms with Gasteiger partial charge in [-0.1, -0.05) is 23.9 Å². The van der Waals surface area contributed by atoms with E-state index in [9.17, 15) is 18.0 Å². The summed E-state index contributed by atoms with van der Waals surface area (Å²) in [6, 6.07) is 4.93. The van der Waals surface area contributed by atoms with Gasteiger partial charge in [0.15, 0.2) is 11.0 Å². The summed E-state index contributed by atoms with van der Waals surface area (Å²) in [5.74, 6) is 0.147. The molecule has 30 heavy (non-hydrogen) atoms. The topological polar surface area (TPSA) is 59.8 Å². The number of amides is 1. The van der Waals surface area contributed by atoms with Crippen LogP contribution in [0.3, 0.4) is 0 Å². The highest BCUT2D eigenvalue weighted by Crippen LogP contribution is 2.37. The quantitative estimate of drug-likeness (QED) is 0.543. The van der Waals surface area contributed by atoms with E-state index in [0.717, 1.165) is 48.5 Å². The summed E-state index contributed by atoms with van der Waals surface area (Å²) in [6.07, 6.45) is -0.0338. The largest absolute Gasteiger partial charge is 0.418 e. The Labute approximate surface area is 179 Å². The molecule has 0 fully saturated rings. The van der Waals surface area contributed by atoms with E-state index in [1.165, 1.54) is 35.1 Å². The van der Waals surface area contributed by atoms with Crippen molar-refractivity contribution in [2.75, 3.05) is 11.1 Å². The number of hydrogen-bond donors (Lipinski definition) is 1. The molecule has 0 saturated carbocycles. The van der Waals surface area contributed by atoms with E-state index in [2.05, 4.69) is 20.9 Å². The van der Waals surface area contributed by atoms with Crippen LogP contribution in [-0.4, -0.2) is 26.4 Å². The Morgan fingerprint density at radius 1 is 1.23 bits per heavy atom. The van der Waals surface area contributed by atoms with Gasteiger partial charge >= 0.3 is 6.18 Å². The van der Waals surface area contributed by atoms with E-state index < -0.39 is 17.6 Å². The molecule has 1 amide bonds. The third-order valence-corrected chi connectivity index (χ3v) is 7.08. The molecule has 0 unspecified atom stereocenters. The molecule has 10 heteroatoms. The first-order valence-corrected chi connectivity index (χ1v) is 11.3. The number of carbonyl (C=O) groups is 1. The summed E-state index contributed by atoms with van der Waals surface area (Å²) in [4.78, 5) is 13.6. The van der Waals surface area contributed by atoms with Crippen LogP contribution in [0.15, 0.2) is 34.8 Å². The number of fused-ring (bicyclic) bond motifs is 1. The molecule has 3 aromatic rings. The first-order chi connectivity index (χ1) is 14.3. The van der Waals surface area contributed by atoms with Crippen molar-refractivity contribution in [1.82, 2.24) is 14.8 Å². The van der Waals surface area contributed by atoms with Gasteiger partial charge in [0.1, 0.15) is 0 Å². The number of hydrogen-bond acceptors (Lipinski definition) is 5. The molecule has 1 aliphatic rings. The molecule has 158 valence electrons. The lowest BCUT2D eigenvalue weighted by Crippen LogP contribution is -2.18. The number of rotatable bonds is 5. The molecule has 2 heterocycles. The van der Waals surface area contributed by atoms with Gasteiger partial charge in [0.2, 0.25) is 5.91 Å². The van der Waals surface area contributed by atoms with E-state index in [4.69, 9.17) is 0 Å². The maximum Gasteiger partial charge on any atom is 0.418 e. The van der Waals surface area contributed by atoms with Crippen LogP contribution in [0.5, 0.6) is 0 Å². The Bertz CT molecular complexity index is 1070. The lowest BCUT2D eigenvalue weighted by molar-refractivity contribution is -0.137. The normalized spacial score (nSPS) is 13.9. The SMILES string of the molecule is Cn1c(SCC(=O)Nc2ccccc2C(F)(F)F)nnc1-c1csc2c1CCCC2. The molecule has 1 aliphatic carbocycles. The minimum Gasteiger partial charge on any atom is -0.325 e. The van der Waals surface area contributed by atoms with E-state index in [1.54, 1.807) is 11.3 Å². The predicted octanol–water partition coefficient (Wildman–Crippen LogP) is 5.17. The fourth-order valence-electron chi connectivity index (χ4n) is 3.51. The summed E-state index contributed by atoms with van der Waals surface area (Å²) in [5, 5.41) is 13.5. The van der Waals surface area contributed by atoms with Crippen LogP contribution >= 0.6 is 23.1 Å². The zero-order valence-corrected chi connectivity index (χ0v) is 17.8. The number of nitrogens with one attached hydrogen (secondary N) is 1. The Morgan fingerprint density at radius 3 is 2.80 bits per heavy atom. The van der Waals surface area contributed by atoms with Gasteiger partial charge in [0, 0.05) is 22.9 Å². The Hall–Kier alpha value is -2.33. The van der Waals surface area contributed by atoms with Crippen LogP contribution < -0.4 is 5.32 Å².